The molecule has 0 saturated carbocycles. The monoisotopic (exact) mass is 254 g/mol. The summed E-state index contributed by atoms with van der Waals surface area (Å²) in [5, 5.41) is 0. The van der Waals surface area contributed by atoms with Crippen LogP contribution in [-0.4, -0.2) is 19.8 Å². The van der Waals surface area contributed by atoms with Crippen LogP contribution in [0.15, 0.2) is 36.4 Å². The Kier molecular flexibility index (Phi) is 2.37. The summed E-state index contributed by atoms with van der Waals surface area (Å²) < 4.78 is 17.1. The second-order valence-electron chi connectivity index (χ2n) is 4.71. The second-order valence-corrected chi connectivity index (χ2v) is 4.71. The van der Waals surface area contributed by atoms with E-state index >= 15 is 0 Å². The van der Waals surface area contributed by atoms with Crippen LogP contribution in [0.5, 0.6) is 17.2 Å². The molecule has 3 heteroatoms. The van der Waals surface area contributed by atoms with Crippen molar-refractivity contribution in [1.82, 2.24) is 0 Å². The van der Waals surface area contributed by atoms with Gasteiger partial charge < -0.3 is 14.2 Å². The lowest BCUT2D eigenvalue weighted by molar-refractivity contribution is 0.172. The van der Waals surface area contributed by atoms with Crippen LogP contribution in [-0.2, 0) is 6.42 Å². The van der Waals surface area contributed by atoms with Gasteiger partial charge in [0.1, 0.15) is 19.0 Å². The van der Waals surface area contributed by atoms with Gasteiger partial charge in [-0.25, -0.2) is 0 Å². The predicted octanol–water partition coefficient (Wildman–Crippen LogP) is 3.06. The Labute approximate surface area is 111 Å². The molecule has 0 aliphatic carbocycles. The molecule has 0 fully saturated rings. The average molecular weight is 254 g/mol. The Bertz CT molecular complexity index is 634. The Morgan fingerprint density at radius 1 is 0.684 bits per heavy atom. The Morgan fingerprint density at radius 3 is 2.37 bits per heavy atom. The molecule has 0 atom stereocenters. The van der Waals surface area contributed by atoms with Gasteiger partial charge in [-0.15, -0.1) is 0 Å². The summed E-state index contributed by atoms with van der Waals surface area (Å²) in [5.41, 5.74) is 3.56. The first kappa shape index (κ1) is 10.7. The quantitative estimate of drug-likeness (QED) is 0.782. The number of ether oxygens (including phenoxy) is 3. The third-order valence-electron chi connectivity index (χ3n) is 3.60. The van der Waals surface area contributed by atoms with Crippen molar-refractivity contribution >= 4 is 0 Å². The van der Waals surface area contributed by atoms with Crippen molar-refractivity contribution in [3.05, 3.63) is 42.0 Å². The molecule has 2 aromatic rings. The molecule has 0 unspecified atom stereocenters. The van der Waals surface area contributed by atoms with E-state index in [0.717, 1.165) is 35.8 Å². The number of rotatable bonds is 1. The van der Waals surface area contributed by atoms with Crippen LogP contribution >= 0.6 is 0 Å². The van der Waals surface area contributed by atoms with E-state index in [9.17, 15) is 0 Å². The molecule has 4 rings (SSSR count). The fourth-order valence-corrected chi connectivity index (χ4v) is 2.76. The standard InChI is InChI=1S/C16H14O3/c1-3-11(12-7-8-17-14(12)5-1)13-4-2-6-15-16(13)19-10-9-18-15/h1-6H,7-10H2. The largest absolute Gasteiger partial charge is 0.493 e. The topological polar surface area (TPSA) is 27.7 Å². The highest BCUT2D eigenvalue weighted by atomic mass is 16.6. The van der Waals surface area contributed by atoms with Gasteiger partial charge in [0.15, 0.2) is 11.5 Å². The zero-order valence-electron chi connectivity index (χ0n) is 10.5. The van der Waals surface area contributed by atoms with Crippen molar-refractivity contribution in [2.75, 3.05) is 19.8 Å². The number of benzene rings is 2. The fourth-order valence-electron chi connectivity index (χ4n) is 2.76. The Morgan fingerprint density at radius 2 is 1.42 bits per heavy atom. The average Bonchev–Trinajstić information content (AvgIpc) is 2.95. The van der Waals surface area contributed by atoms with Gasteiger partial charge in [0.2, 0.25) is 0 Å². The highest BCUT2D eigenvalue weighted by Gasteiger charge is 2.22. The molecule has 0 saturated heterocycles. The molecular formula is C16H14O3. The zero-order chi connectivity index (χ0) is 12.7. The van der Waals surface area contributed by atoms with Crippen LogP contribution in [0.2, 0.25) is 0 Å². The summed E-state index contributed by atoms with van der Waals surface area (Å²) in [6.07, 6.45) is 0.954. The lowest BCUT2D eigenvalue weighted by Crippen LogP contribution is -2.15. The summed E-state index contributed by atoms with van der Waals surface area (Å²) in [6.45, 7) is 1.99. The van der Waals surface area contributed by atoms with Crippen LogP contribution in [0.1, 0.15) is 5.56 Å². The van der Waals surface area contributed by atoms with E-state index in [-0.39, 0.29) is 0 Å². The highest BCUT2D eigenvalue weighted by Crippen LogP contribution is 2.43. The van der Waals surface area contributed by atoms with E-state index in [1.807, 2.05) is 24.3 Å². The van der Waals surface area contributed by atoms with Gasteiger partial charge in [0.25, 0.3) is 0 Å². The van der Waals surface area contributed by atoms with Crippen molar-refractivity contribution in [3.63, 3.8) is 0 Å². The van der Waals surface area contributed by atoms with Gasteiger partial charge >= 0.3 is 0 Å². The molecular weight excluding hydrogens is 240 g/mol. The predicted molar refractivity (Wildman–Crippen MR) is 72.1 cm³/mol. The van der Waals surface area contributed by atoms with E-state index in [4.69, 9.17) is 14.2 Å². The molecule has 0 radical (unpaired) electrons. The minimum Gasteiger partial charge on any atom is -0.493 e. The summed E-state index contributed by atoms with van der Waals surface area (Å²) in [7, 11) is 0. The first-order chi connectivity index (χ1) is 9.43. The molecule has 0 amide bonds. The molecule has 2 heterocycles. The van der Waals surface area contributed by atoms with Crippen molar-refractivity contribution < 1.29 is 14.2 Å². The number of hydrogen-bond acceptors (Lipinski definition) is 3. The molecule has 2 aliphatic heterocycles. The summed E-state index contributed by atoms with van der Waals surface area (Å²) in [5.74, 6) is 2.68. The third kappa shape index (κ3) is 1.65. The molecule has 3 nitrogen and oxygen atoms in total. The van der Waals surface area contributed by atoms with Crippen molar-refractivity contribution in [1.29, 1.82) is 0 Å². The fraction of sp³-hybridized carbons (Fsp3) is 0.250. The lowest BCUT2D eigenvalue weighted by atomic mass is 9.97. The maximum absolute atomic E-state index is 5.80. The van der Waals surface area contributed by atoms with Crippen LogP contribution < -0.4 is 14.2 Å². The normalized spacial score (nSPS) is 15.8. The van der Waals surface area contributed by atoms with Gasteiger partial charge in [-0.05, 0) is 17.7 Å². The van der Waals surface area contributed by atoms with E-state index < -0.39 is 0 Å². The first-order valence-corrected chi connectivity index (χ1v) is 6.57. The zero-order valence-corrected chi connectivity index (χ0v) is 10.5. The maximum atomic E-state index is 5.80. The molecule has 2 aromatic carbocycles. The molecule has 2 aliphatic rings. The SMILES string of the molecule is c1cc2c(c(-c3cccc4c3OCCO4)c1)CCO2. The minimum atomic E-state index is 0.607. The van der Waals surface area contributed by atoms with Crippen LogP contribution in [0.4, 0.5) is 0 Å². The summed E-state index contributed by atoms with van der Waals surface area (Å²) in [6, 6.07) is 12.2. The molecule has 0 N–H and O–H groups in total. The molecule has 19 heavy (non-hydrogen) atoms. The smallest absolute Gasteiger partial charge is 0.169 e. The van der Waals surface area contributed by atoms with Gasteiger partial charge in [-0.2, -0.15) is 0 Å². The van der Waals surface area contributed by atoms with Crippen LogP contribution in [0.3, 0.4) is 0 Å². The van der Waals surface area contributed by atoms with Gasteiger partial charge in [-0.1, -0.05) is 24.3 Å². The number of hydrogen-bond donors (Lipinski definition) is 0. The molecule has 96 valence electrons. The second kappa shape index (κ2) is 4.19. The molecule has 0 bridgehead atoms. The Hall–Kier alpha value is -2.16. The van der Waals surface area contributed by atoms with Gasteiger partial charge in [0.05, 0.1) is 6.61 Å². The van der Waals surface area contributed by atoms with Crippen molar-refractivity contribution in [2.45, 2.75) is 6.42 Å². The van der Waals surface area contributed by atoms with Crippen molar-refractivity contribution in [2.24, 2.45) is 0 Å². The lowest BCUT2D eigenvalue weighted by Gasteiger charge is -2.21. The molecule has 0 aromatic heterocycles. The van der Waals surface area contributed by atoms with Crippen molar-refractivity contribution in [3.8, 4) is 28.4 Å². The first-order valence-electron chi connectivity index (χ1n) is 6.57. The van der Waals surface area contributed by atoms with E-state index in [1.165, 1.54) is 11.1 Å². The Balaban J connectivity index is 1.92. The minimum absolute atomic E-state index is 0.607. The number of para-hydroxylation sites is 1. The maximum Gasteiger partial charge on any atom is 0.169 e. The van der Waals surface area contributed by atoms with Crippen LogP contribution in [0.25, 0.3) is 11.1 Å². The number of fused-ring (bicyclic) bond motifs is 2. The van der Waals surface area contributed by atoms with Gasteiger partial charge in [-0.3, -0.25) is 0 Å². The van der Waals surface area contributed by atoms with E-state index in [0.29, 0.717) is 13.2 Å². The third-order valence-corrected chi connectivity index (χ3v) is 3.60. The highest BCUT2D eigenvalue weighted by molar-refractivity contribution is 5.78. The molecule has 0 spiro atoms. The van der Waals surface area contributed by atoms with E-state index in [1.54, 1.807) is 0 Å². The van der Waals surface area contributed by atoms with Gasteiger partial charge in [0, 0.05) is 17.5 Å². The van der Waals surface area contributed by atoms with Crippen LogP contribution in [0, 0.1) is 0 Å². The summed E-state index contributed by atoms with van der Waals surface area (Å²) >= 11 is 0. The van der Waals surface area contributed by atoms with E-state index in [2.05, 4.69) is 12.1 Å². The summed E-state index contributed by atoms with van der Waals surface area (Å²) in [4.78, 5) is 0.